The predicted octanol–water partition coefficient (Wildman–Crippen LogP) is 4.02. The number of hydrogen-bond acceptors (Lipinski definition) is 3. The van der Waals surface area contributed by atoms with Gasteiger partial charge in [0.25, 0.3) is 11.8 Å². The maximum atomic E-state index is 12.7. The fourth-order valence-electron chi connectivity index (χ4n) is 2.54. The lowest BCUT2D eigenvalue weighted by atomic mass is 10.1. The van der Waals surface area contributed by atoms with Crippen LogP contribution >= 0.6 is 0 Å². The van der Waals surface area contributed by atoms with Gasteiger partial charge in [0.05, 0.1) is 11.3 Å². The first-order valence-corrected chi connectivity index (χ1v) is 8.99. The minimum atomic E-state index is -0.656. The van der Waals surface area contributed by atoms with Gasteiger partial charge in [-0.1, -0.05) is 31.2 Å². The van der Waals surface area contributed by atoms with E-state index in [1.165, 1.54) is 5.56 Å². The molecule has 2 rings (SSSR count). The molecule has 2 aromatic carbocycles. The van der Waals surface area contributed by atoms with Crippen molar-refractivity contribution in [3.63, 3.8) is 0 Å². The number of para-hydroxylation sites is 1. The third kappa shape index (κ3) is 5.45. The summed E-state index contributed by atoms with van der Waals surface area (Å²) in [6.45, 7) is 9.85. The molecule has 5 nitrogen and oxygen atoms in total. The van der Waals surface area contributed by atoms with Crippen molar-refractivity contribution in [2.24, 2.45) is 0 Å². The molecular formula is C22H26N2O3. The summed E-state index contributed by atoms with van der Waals surface area (Å²) < 4.78 is 5.87. The van der Waals surface area contributed by atoms with Crippen molar-refractivity contribution < 1.29 is 14.3 Å². The smallest absolute Gasteiger partial charge is 0.265 e. The lowest BCUT2D eigenvalue weighted by Crippen LogP contribution is -2.33. The predicted molar refractivity (Wildman–Crippen MR) is 108 cm³/mol. The Morgan fingerprint density at radius 2 is 1.89 bits per heavy atom. The number of nitrogens with one attached hydrogen (secondary N) is 2. The molecule has 27 heavy (non-hydrogen) atoms. The minimum absolute atomic E-state index is 0.270. The number of aryl methyl sites for hydroxylation is 2. The highest BCUT2D eigenvalue weighted by Gasteiger charge is 2.21. The first-order chi connectivity index (χ1) is 13.0. The number of carbonyl (C=O) groups excluding carboxylic acids is 2. The van der Waals surface area contributed by atoms with Gasteiger partial charge in [-0.15, -0.1) is 6.58 Å². The summed E-state index contributed by atoms with van der Waals surface area (Å²) in [5, 5.41) is 5.53. The van der Waals surface area contributed by atoms with E-state index < -0.39 is 6.10 Å². The Morgan fingerprint density at radius 3 is 2.56 bits per heavy atom. The monoisotopic (exact) mass is 366 g/mol. The SMILES string of the molecule is C=CCNC(=O)c1ccccc1NC(=O)C(CC)Oc1ccc(C)c(C)c1. The molecule has 0 saturated carbocycles. The van der Waals surface area contributed by atoms with E-state index in [9.17, 15) is 9.59 Å². The molecule has 142 valence electrons. The second-order valence-corrected chi connectivity index (χ2v) is 6.29. The molecule has 2 aromatic rings. The molecule has 0 bridgehead atoms. The number of benzene rings is 2. The van der Waals surface area contributed by atoms with Crippen LogP contribution in [-0.2, 0) is 4.79 Å². The molecule has 0 fully saturated rings. The van der Waals surface area contributed by atoms with E-state index in [0.717, 1.165) is 5.56 Å². The highest BCUT2D eigenvalue weighted by Crippen LogP contribution is 2.20. The quantitative estimate of drug-likeness (QED) is 0.694. The van der Waals surface area contributed by atoms with Gasteiger partial charge in [0.15, 0.2) is 6.10 Å². The van der Waals surface area contributed by atoms with Crippen molar-refractivity contribution in [2.45, 2.75) is 33.3 Å². The zero-order valence-corrected chi connectivity index (χ0v) is 16.0. The Labute approximate surface area is 160 Å². The summed E-state index contributed by atoms with van der Waals surface area (Å²) >= 11 is 0. The Hall–Kier alpha value is -3.08. The van der Waals surface area contributed by atoms with Gasteiger partial charge in [-0.3, -0.25) is 9.59 Å². The van der Waals surface area contributed by atoms with E-state index in [-0.39, 0.29) is 11.8 Å². The van der Waals surface area contributed by atoms with Gasteiger partial charge in [0.2, 0.25) is 0 Å². The number of hydrogen-bond donors (Lipinski definition) is 2. The number of anilines is 1. The zero-order valence-electron chi connectivity index (χ0n) is 16.0. The molecule has 0 spiro atoms. The normalized spacial score (nSPS) is 11.4. The Kier molecular flexibility index (Phi) is 7.17. The topological polar surface area (TPSA) is 67.4 Å². The van der Waals surface area contributed by atoms with Crippen molar-refractivity contribution in [3.8, 4) is 5.75 Å². The molecule has 0 saturated heterocycles. The van der Waals surface area contributed by atoms with Crippen molar-refractivity contribution in [3.05, 3.63) is 71.8 Å². The summed E-state index contributed by atoms with van der Waals surface area (Å²) in [6, 6.07) is 12.6. The summed E-state index contributed by atoms with van der Waals surface area (Å²) in [5.74, 6) is 0.0886. The Bertz CT molecular complexity index is 830. The van der Waals surface area contributed by atoms with Gasteiger partial charge in [0, 0.05) is 6.54 Å². The lowest BCUT2D eigenvalue weighted by molar-refractivity contribution is -0.122. The molecule has 0 radical (unpaired) electrons. The molecule has 0 aliphatic heterocycles. The van der Waals surface area contributed by atoms with E-state index in [1.807, 2.05) is 39.0 Å². The third-order valence-corrected chi connectivity index (χ3v) is 4.26. The molecule has 0 aliphatic carbocycles. The first-order valence-electron chi connectivity index (χ1n) is 8.99. The maximum absolute atomic E-state index is 12.7. The molecular weight excluding hydrogens is 340 g/mol. The average molecular weight is 366 g/mol. The number of amides is 2. The van der Waals surface area contributed by atoms with E-state index in [1.54, 1.807) is 30.3 Å². The van der Waals surface area contributed by atoms with E-state index in [4.69, 9.17) is 4.74 Å². The van der Waals surface area contributed by atoms with Crippen LogP contribution in [-0.4, -0.2) is 24.5 Å². The van der Waals surface area contributed by atoms with E-state index in [2.05, 4.69) is 17.2 Å². The van der Waals surface area contributed by atoms with Crippen molar-refractivity contribution in [2.75, 3.05) is 11.9 Å². The molecule has 0 aliphatic rings. The van der Waals surface area contributed by atoms with Crippen molar-refractivity contribution in [1.82, 2.24) is 5.32 Å². The van der Waals surface area contributed by atoms with Crippen LogP contribution in [0.25, 0.3) is 0 Å². The van der Waals surface area contributed by atoms with Crippen LogP contribution in [0.4, 0.5) is 5.69 Å². The molecule has 0 aromatic heterocycles. The third-order valence-electron chi connectivity index (χ3n) is 4.26. The summed E-state index contributed by atoms with van der Waals surface area (Å²) in [6.07, 6.45) is 1.45. The van der Waals surface area contributed by atoms with Crippen LogP contribution in [0.15, 0.2) is 55.1 Å². The fraction of sp³-hybridized carbons (Fsp3) is 0.273. The van der Waals surface area contributed by atoms with E-state index in [0.29, 0.717) is 30.0 Å². The Balaban J connectivity index is 2.13. The van der Waals surface area contributed by atoms with Crippen LogP contribution in [0.5, 0.6) is 5.75 Å². The second-order valence-electron chi connectivity index (χ2n) is 6.29. The van der Waals surface area contributed by atoms with Crippen LogP contribution in [0.3, 0.4) is 0 Å². The Morgan fingerprint density at radius 1 is 1.15 bits per heavy atom. The van der Waals surface area contributed by atoms with E-state index >= 15 is 0 Å². The van der Waals surface area contributed by atoms with Gasteiger partial charge < -0.3 is 15.4 Å². The number of ether oxygens (including phenoxy) is 1. The summed E-state index contributed by atoms with van der Waals surface area (Å²) in [5.41, 5.74) is 3.12. The standard InChI is InChI=1S/C22H26N2O3/c1-5-13-23-21(25)18-9-7-8-10-19(18)24-22(26)20(6-2)27-17-12-11-15(3)16(4)14-17/h5,7-12,14,20H,1,6,13H2,2-4H3,(H,23,25)(H,24,26). The fourth-order valence-corrected chi connectivity index (χ4v) is 2.54. The summed E-state index contributed by atoms with van der Waals surface area (Å²) in [7, 11) is 0. The lowest BCUT2D eigenvalue weighted by Gasteiger charge is -2.19. The van der Waals surface area contributed by atoms with Gasteiger partial charge in [-0.2, -0.15) is 0 Å². The maximum Gasteiger partial charge on any atom is 0.265 e. The van der Waals surface area contributed by atoms with Gasteiger partial charge in [0.1, 0.15) is 5.75 Å². The van der Waals surface area contributed by atoms with Crippen LogP contribution < -0.4 is 15.4 Å². The molecule has 0 heterocycles. The van der Waals surface area contributed by atoms with Gasteiger partial charge in [-0.05, 0) is 55.7 Å². The largest absolute Gasteiger partial charge is 0.481 e. The molecule has 2 amide bonds. The van der Waals surface area contributed by atoms with Crippen LogP contribution in [0, 0.1) is 13.8 Å². The first kappa shape index (κ1) is 20.2. The second kappa shape index (κ2) is 9.57. The molecule has 1 atom stereocenters. The van der Waals surface area contributed by atoms with Crippen LogP contribution in [0.2, 0.25) is 0 Å². The highest BCUT2D eigenvalue weighted by atomic mass is 16.5. The highest BCUT2D eigenvalue weighted by molar-refractivity contribution is 6.04. The average Bonchev–Trinajstić information content (AvgIpc) is 2.67. The van der Waals surface area contributed by atoms with Gasteiger partial charge in [-0.25, -0.2) is 0 Å². The molecule has 5 heteroatoms. The molecule has 2 N–H and O–H groups in total. The minimum Gasteiger partial charge on any atom is -0.481 e. The number of rotatable bonds is 8. The molecule has 1 unspecified atom stereocenters. The van der Waals surface area contributed by atoms with Gasteiger partial charge >= 0.3 is 0 Å². The number of carbonyl (C=O) groups is 2. The van der Waals surface area contributed by atoms with Crippen molar-refractivity contribution in [1.29, 1.82) is 0 Å². The zero-order chi connectivity index (χ0) is 19.8. The summed E-state index contributed by atoms with van der Waals surface area (Å²) in [4.78, 5) is 25.0. The van der Waals surface area contributed by atoms with Crippen LogP contribution in [0.1, 0.15) is 34.8 Å². The van der Waals surface area contributed by atoms with Crippen molar-refractivity contribution >= 4 is 17.5 Å².